The Morgan fingerprint density at radius 2 is 1.78 bits per heavy atom. The summed E-state index contributed by atoms with van der Waals surface area (Å²) in [4.78, 5) is 0. The van der Waals surface area contributed by atoms with Crippen molar-refractivity contribution in [1.29, 1.82) is 0 Å². The molecule has 120 valence electrons. The molecule has 0 radical (unpaired) electrons. The minimum Gasteiger partial charge on any atom is -0.493 e. The first-order valence-corrected chi connectivity index (χ1v) is 7.40. The Hall–Kier alpha value is -2.83. The van der Waals surface area contributed by atoms with Gasteiger partial charge in [0.05, 0.1) is 14.2 Å². The number of methoxy groups -OCH3 is 2. The molecule has 1 aromatic heterocycles. The van der Waals surface area contributed by atoms with Crippen LogP contribution < -0.4 is 14.8 Å². The Balaban J connectivity index is 1.84. The van der Waals surface area contributed by atoms with Gasteiger partial charge in [0.2, 0.25) is 5.95 Å². The van der Waals surface area contributed by atoms with Crippen molar-refractivity contribution in [2.75, 3.05) is 19.5 Å². The summed E-state index contributed by atoms with van der Waals surface area (Å²) < 4.78 is 12.4. The predicted molar refractivity (Wildman–Crippen MR) is 87.9 cm³/mol. The standard InChI is InChI=1S/C16H19N5O2/c1-4-21-16(18-19-20-21)17-10-11-5-6-12-8-14(22-2)15(23-3)9-13(12)7-11/h5-9H,4,10H2,1-3H3,(H,17,18,20). The number of nitrogens with one attached hydrogen (secondary N) is 1. The fraction of sp³-hybridized carbons (Fsp3) is 0.312. The van der Waals surface area contributed by atoms with Crippen molar-refractivity contribution in [3.05, 3.63) is 35.9 Å². The number of hydrogen-bond acceptors (Lipinski definition) is 6. The largest absolute Gasteiger partial charge is 0.493 e. The highest BCUT2D eigenvalue weighted by Gasteiger charge is 2.07. The van der Waals surface area contributed by atoms with Crippen molar-refractivity contribution in [2.45, 2.75) is 20.0 Å². The zero-order valence-corrected chi connectivity index (χ0v) is 13.4. The number of fused-ring (bicyclic) bond motifs is 1. The van der Waals surface area contributed by atoms with Crippen LogP contribution in [0.15, 0.2) is 30.3 Å². The minimum atomic E-state index is 0.644. The molecule has 0 aliphatic heterocycles. The fourth-order valence-corrected chi connectivity index (χ4v) is 2.46. The van der Waals surface area contributed by atoms with Gasteiger partial charge in [-0.25, -0.2) is 4.68 Å². The summed E-state index contributed by atoms with van der Waals surface area (Å²) >= 11 is 0. The first-order chi connectivity index (χ1) is 11.2. The van der Waals surface area contributed by atoms with E-state index in [0.29, 0.717) is 12.5 Å². The van der Waals surface area contributed by atoms with Gasteiger partial charge in [0.25, 0.3) is 0 Å². The van der Waals surface area contributed by atoms with E-state index in [1.807, 2.05) is 19.1 Å². The highest BCUT2D eigenvalue weighted by atomic mass is 16.5. The number of hydrogen-bond donors (Lipinski definition) is 1. The second-order valence-electron chi connectivity index (χ2n) is 5.06. The first-order valence-electron chi connectivity index (χ1n) is 7.40. The third-order valence-corrected chi connectivity index (χ3v) is 3.69. The van der Waals surface area contributed by atoms with Crippen molar-refractivity contribution >= 4 is 16.7 Å². The van der Waals surface area contributed by atoms with Crippen molar-refractivity contribution in [1.82, 2.24) is 20.2 Å². The van der Waals surface area contributed by atoms with Gasteiger partial charge >= 0.3 is 0 Å². The summed E-state index contributed by atoms with van der Waals surface area (Å²) in [5.74, 6) is 2.12. The number of anilines is 1. The molecule has 0 aliphatic carbocycles. The fourth-order valence-electron chi connectivity index (χ4n) is 2.46. The lowest BCUT2D eigenvalue weighted by Crippen LogP contribution is -2.07. The van der Waals surface area contributed by atoms with E-state index in [0.717, 1.165) is 34.4 Å². The van der Waals surface area contributed by atoms with Crippen molar-refractivity contribution in [3.63, 3.8) is 0 Å². The molecule has 2 aromatic carbocycles. The molecule has 1 heterocycles. The van der Waals surface area contributed by atoms with Crippen LogP contribution in [-0.4, -0.2) is 34.4 Å². The zero-order valence-electron chi connectivity index (χ0n) is 13.4. The molecule has 0 bridgehead atoms. The number of aryl methyl sites for hydroxylation is 1. The van der Waals surface area contributed by atoms with Gasteiger partial charge in [0.1, 0.15) is 0 Å². The van der Waals surface area contributed by atoms with Gasteiger partial charge < -0.3 is 14.8 Å². The summed E-state index contributed by atoms with van der Waals surface area (Å²) in [7, 11) is 3.28. The zero-order chi connectivity index (χ0) is 16.2. The van der Waals surface area contributed by atoms with Crippen LogP contribution in [-0.2, 0) is 13.1 Å². The van der Waals surface area contributed by atoms with E-state index in [1.165, 1.54) is 0 Å². The molecule has 3 aromatic rings. The van der Waals surface area contributed by atoms with Crippen LogP contribution in [0.1, 0.15) is 12.5 Å². The van der Waals surface area contributed by atoms with Gasteiger partial charge in [-0.05, 0) is 51.9 Å². The molecule has 0 amide bonds. The normalized spacial score (nSPS) is 10.7. The molecule has 0 saturated heterocycles. The number of benzene rings is 2. The average molecular weight is 313 g/mol. The topological polar surface area (TPSA) is 74.1 Å². The van der Waals surface area contributed by atoms with Gasteiger partial charge in [-0.15, -0.1) is 0 Å². The van der Waals surface area contributed by atoms with E-state index >= 15 is 0 Å². The Labute approximate surface area is 134 Å². The number of ether oxygens (including phenoxy) is 2. The molecule has 23 heavy (non-hydrogen) atoms. The third-order valence-electron chi connectivity index (χ3n) is 3.69. The van der Waals surface area contributed by atoms with Crippen LogP contribution in [0, 0.1) is 0 Å². The summed E-state index contributed by atoms with van der Waals surface area (Å²) in [6, 6.07) is 10.2. The second kappa shape index (κ2) is 6.51. The Kier molecular flexibility index (Phi) is 4.27. The predicted octanol–water partition coefficient (Wildman–Crippen LogP) is 2.48. The number of nitrogens with zero attached hydrogens (tertiary/aromatic N) is 4. The van der Waals surface area contributed by atoms with E-state index in [9.17, 15) is 0 Å². The Morgan fingerprint density at radius 3 is 2.48 bits per heavy atom. The lowest BCUT2D eigenvalue weighted by atomic mass is 10.1. The molecule has 7 nitrogen and oxygen atoms in total. The molecule has 7 heteroatoms. The highest BCUT2D eigenvalue weighted by Crippen LogP contribution is 2.32. The molecule has 0 saturated carbocycles. The number of rotatable bonds is 6. The first kappa shape index (κ1) is 15.1. The van der Waals surface area contributed by atoms with Crippen molar-refractivity contribution in [3.8, 4) is 11.5 Å². The highest BCUT2D eigenvalue weighted by molar-refractivity contribution is 5.86. The monoisotopic (exact) mass is 313 g/mol. The van der Waals surface area contributed by atoms with Crippen LogP contribution in [0.4, 0.5) is 5.95 Å². The van der Waals surface area contributed by atoms with E-state index in [2.05, 4.69) is 39.0 Å². The number of tetrazole rings is 1. The average Bonchev–Trinajstić information content (AvgIpc) is 3.06. The van der Waals surface area contributed by atoms with E-state index in [4.69, 9.17) is 9.47 Å². The van der Waals surface area contributed by atoms with Crippen LogP contribution in [0.25, 0.3) is 10.8 Å². The maximum Gasteiger partial charge on any atom is 0.243 e. The minimum absolute atomic E-state index is 0.644. The van der Waals surface area contributed by atoms with Gasteiger partial charge in [-0.1, -0.05) is 17.2 Å². The molecule has 1 N–H and O–H groups in total. The Morgan fingerprint density at radius 1 is 1.04 bits per heavy atom. The summed E-state index contributed by atoms with van der Waals surface area (Å²) in [5, 5.41) is 17.0. The van der Waals surface area contributed by atoms with Crippen LogP contribution >= 0.6 is 0 Å². The molecule has 0 unspecified atom stereocenters. The van der Waals surface area contributed by atoms with Gasteiger partial charge in [-0.3, -0.25) is 0 Å². The van der Waals surface area contributed by atoms with Gasteiger partial charge in [0.15, 0.2) is 11.5 Å². The maximum atomic E-state index is 5.36. The van der Waals surface area contributed by atoms with Crippen LogP contribution in [0.5, 0.6) is 11.5 Å². The molecule has 0 aliphatic rings. The third kappa shape index (κ3) is 3.03. The van der Waals surface area contributed by atoms with E-state index < -0.39 is 0 Å². The molecule has 0 fully saturated rings. The van der Waals surface area contributed by atoms with Crippen molar-refractivity contribution < 1.29 is 9.47 Å². The van der Waals surface area contributed by atoms with Gasteiger partial charge in [-0.2, -0.15) is 0 Å². The summed E-state index contributed by atoms with van der Waals surface area (Å²) in [5.41, 5.74) is 1.13. The summed E-state index contributed by atoms with van der Waals surface area (Å²) in [6.45, 7) is 3.37. The summed E-state index contributed by atoms with van der Waals surface area (Å²) in [6.07, 6.45) is 0. The van der Waals surface area contributed by atoms with E-state index in [1.54, 1.807) is 18.9 Å². The molecular formula is C16H19N5O2. The van der Waals surface area contributed by atoms with Crippen LogP contribution in [0.3, 0.4) is 0 Å². The van der Waals surface area contributed by atoms with E-state index in [-0.39, 0.29) is 0 Å². The maximum absolute atomic E-state index is 5.36. The quantitative estimate of drug-likeness (QED) is 0.753. The SMILES string of the molecule is CCn1nnnc1NCc1ccc2cc(OC)c(OC)cc2c1. The second-order valence-corrected chi connectivity index (χ2v) is 5.06. The molecule has 0 atom stereocenters. The molecule has 3 rings (SSSR count). The lowest BCUT2D eigenvalue weighted by Gasteiger charge is -2.11. The molecular weight excluding hydrogens is 294 g/mol. The Bertz CT molecular complexity index is 815. The lowest BCUT2D eigenvalue weighted by molar-refractivity contribution is 0.356. The van der Waals surface area contributed by atoms with Crippen LogP contribution in [0.2, 0.25) is 0 Å². The smallest absolute Gasteiger partial charge is 0.243 e. The molecule has 0 spiro atoms. The van der Waals surface area contributed by atoms with Crippen molar-refractivity contribution in [2.24, 2.45) is 0 Å². The van der Waals surface area contributed by atoms with Gasteiger partial charge in [0, 0.05) is 13.1 Å². The number of aromatic nitrogens is 4.